The van der Waals surface area contributed by atoms with Gasteiger partial charge in [0.25, 0.3) is 0 Å². The standard InChI is InChI=1S/C25H31F3N8O3S/c1-32-12-11-18(30)15-22(38)34-24-36-35-23(40-24)8-3-2-6-17(29)9-10-20(31)33-21(37)14-16-5-4-7-19(13-16)39-25(26,27)28/h4-5,7,9-13H,2-3,6,8,14-15,29-31H2,1H3,(H,33,37)(H,34,36,38)/b17-9-,18-11?,20-10+,32-12?. The molecule has 0 saturated carbocycles. The minimum Gasteiger partial charge on any atom is -0.406 e. The molecule has 40 heavy (non-hydrogen) atoms. The summed E-state index contributed by atoms with van der Waals surface area (Å²) in [4.78, 5) is 27.9. The Hall–Kier alpha value is -4.40. The van der Waals surface area contributed by atoms with Crippen LogP contribution in [0.5, 0.6) is 5.75 Å². The van der Waals surface area contributed by atoms with E-state index in [0.717, 1.165) is 30.0 Å². The first-order valence-corrected chi connectivity index (χ1v) is 12.8. The van der Waals surface area contributed by atoms with Gasteiger partial charge in [-0.3, -0.25) is 14.6 Å². The fraction of sp³-hybridized carbons (Fsp3) is 0.320. The van der Waals surface area contributed by atoms with E-state index in [2.05, 4.69) is 30.6 Å². The Kier molecular flexibility index (Phi) is 12.6. The van der Waals surface area contributed by atoms with Crippen molar-refractivity contribution in [2.75, 3.05) is 12.4 Å². The molecule has 0 aliphatic carbocycles. The predicted molar refractivity (Wildman–Crippen MR) is 147 cm³/mol. The van der Waals surface area contributed by atoms with Gasteiger partial charge >= 0.3 is 6.36 Å². The minimum absolute atomic E-state index is 0.0177. The van der Waals surface area contributed by atoms with Gasteiger partial charge in [0.1, 0.15) is 16.6 Å². The molecule has 2 aromatic rings. The van der Waals surface area contributed by atoms with E-state index in [9.17, 15) is 22.8 Å². The second kappa shape index (κ2) is 15.9. The lowest BCUT2D eigenvalue weighted by molar-refractivity contribution is -0.274. The molecule has 1 heterocycles. The summed E-state index contributed by atoms with van der Waals surface area (Å²) in [6, 6.07) is 5.13. The number of halogens is 3. The number of carbonyl (C=O) groups excluding carboxylic acids is 2. The predicted octanol–water partition coefficient (Wildman–Crippen LogP) is 3.02. The Morgan fingerprint density at radius 2 is 1.85 bits per heavy atom. The summed E-state index contributed by atoms with van der Waals surface area (Å²) in [5, 5.41) is 14.3. The number of alkyl halides is 3. The summed E-state index contributed by atoms with van der Waals surface area (Å²) >= 11 is 1.28. The molecule has 0 fully saturated rings. The number of ether oxygens (including phenoxy) is 1. The number of hydrogen-bond donors (Lipinski definition) is 5. The summed E-state index contributed by atoms with van der Waals surface area (Å²) < 4.78 is 40.9. The van der Waals surface area contributed by atoms with E-state index >= 15 is 0 Å². The minimum atomic E-state index is -4.82. The van der Waals surface area contributed by atoms with Crippen molar-refractivity contribution >= 4 is 34.5 Å². The Morgan fingerprint density at radius 1 is 1.07 bits per heavy atom. The molecule has 11 nitrogen and oxygen atoms in total. The second-order valence-corrected chi connectivity index (χ2v) is 9.43. The fourth-order valence-corrected chi connectivity index (χ4v) is 3.95. The number of aliphatic imine (C=N–C) groups is 1. The molecule has 0 spiro atoms. The molecule has 2 amide bonds. The maximum Gasteiger partial charge on any atom is 0.573 e. The lowest BCUT2D eigenvalue weighted by atomic mass is 10.1. The van der Waals surface area contributed by atoms with E-state index in [1.54, 1.807) is 19.2 Å². The van der Waals surface area contributed by atoms with Gasteiger partial charge in [-0.25, -0.2) is 0 Å². The second-order valence-electron chi connectivity index (χ2n) is 8.37. The third-order valence-electron chi connectivity index (χ3n) is 4.88. The number of amides is 2. The third-order valence-corrected chi connectivity index (χ3v) is 5.78. The molecular formula is C25H31F3N8O3S. The van der Waals surface area contributed by atoms with Crippen molar-refractivity contribution in [2.45, 2.75) is 44.9 Å². The number of aryl methyl sites for hydroxylation is 1. The van der Waals surface area contributed by atoms with E-state index in [1.165, 1.54) is 35.8 Å². The van der Waals surface area contributed by atoms with Gasteiger partial charge < -0.3 is 32.6 Å². The molecule has 0 radical (unpaired) electrons. The van der Waals surface area contributed by atoms with Gasteiger partial charge in [0.2, 0.25) is 16.9 Å². The van der Waals surface area contributed by atoms with Gasteiger partial charge in [-0.2, -0.15) is 0 Å². The van der Waals surface area contributed by atoms with Crippen LogP contribution in [0.25, 0.3) is 0 Å². The number of hydrogen-bond acceptors (Lipinski definition) is 10. The quantitative estimate of drug-likeness (QED) is 0.128. The van der Waals surface area contributed by atoms with Crippen molar-refractivity contribution in [3.8, 4) is 5.75 Å². The number of nitrogens with one attached hydrogen (secondary N) is 2. The van der Waals surface area contributed by atoms with E-state index < -0.39 is 18.0 Å². The van der Waals surface area contributed by atoms with Crippen LogP contribution in [0.4, 0.5) is 18.3 Å². The molecule has 0 unspecified atom stereocenters. The van der Waals surface area contributed by atoms with Crippen molar-refractivity contribution < 1.29 is 27.5 Å². The molecule has 2 rings (SSSR count). The van der Waals surface area contributed by atoms with Crippen molar-refractivity contribution in [1.29, 1.82) is 0 Å². The zero-order valence-electron chi connectivity index (χ0n) is 21.7. The molecule has 216 valence electrons. The van der Waals surface area contributed by atoms with Gasteiger partial charge in [0.05, 0.1) is 12.8 Å². The number of benzene rings is 1. The lowest BCUT2D eigenvalue weighted by Gasteiger charge is -2.10. The monoisotopic (exact) mass is 580 g/mol. The van der Waals surface area contributed by atoms with E-state index in [0.29, 0.717) is 34.9 Å². The zero-order valence-corrected chi connectivity index (χ0v) is 22.5. The van der Waals surface area contributed by atoms with Crippen molar-refractivity contribution in [1.82, 2.24) is 15.5 Å². The van der Waals surface area contributed by atoms with Crippen molar-refractivity contribution in [3.63, 3.8) is 0 Å². The number of carbonyl (C=O) groups is 2. The topological polar surface area (TPSA) is 184 Å². The lowest BCUT2D eigenvalue weighted by Crippen LogP contribution is -2.28. The van der Waals surface area contributed by atoms with Crippen LogP contribution in [-0.4, -0.2) is 41.6 Å². The highest BCUT2D eigenvalue weighted by Gasteiger charge is 2.31. The number of nitrogens with two attached hydrogens (primary N) is 3. The maximum absolute atomic E-state index is 12.4. The van der Waals surface area contributed by atoms with E-state index in [1.807, 2.05) is 0 Å². The molecule has 8 N–H and O–H groups in total. The highest BCUT2D eigenvalue weighted by molar-refractivity contribution is 7.15. The Balaban J connectivity index is 1.72. The van der Waals surface area contributed by atoms with E-state index in [4.69, 9.17) is 17.2 Å². The average molecular weight is 581 g/mol. The van der Waals surface area contributed by atoms with Crippen LogP contribution >= 0.6 is 11.3 Å². The number of allylic oxidation sites excluding steroid dienone is 4. The number of aromatic nitrogens is 2. The van der Waals surface area contributed by atoms with Crippen LogP contribution in [0.15, 0.2) is 64.7 Å². The van der Waals surface area contributed by atoms with Crippen LogP contribution in [0.1, 0.15) is 36.3 Å². The smallest absolute Gasteiger partial charge is 0.406 e. The SMILES string of the molecule is CN=CC=C(N)CC(=O)Nc1nnc(CCCC/C(N)=C/C=C(\N)NC(=O)Cc2cccc(OC(F)(F)F)c2)s1. The Morgan fingerprint density at radius 3 is 2.58 bits per heavy atom. The summed E-state index contributed by atoms with van der Waals surface area (Å²) in [7, 11) is 1.60. The molecule has 1 aromatic carbocycles. The summed E-state index contributed by atoms with van der Waals surface area (Å²) in [6.45, 7) is 0. The molecule has 0 aliphatic rings. The first-order chi connectivity index (χ1) is 18.9. The maximum atomic E-state index is 12.4. The first kappa shape index (κ1) is 31.8. The number of unbranched alkanes of at least 4 members (excludes halogenated alkanes) is 1. The van der Waals surface area contributed by atoms with Gasteiger partial charge in [0, 0.05) is 31.1 Å². The Bertz CT molecular complexity index is 1270. The first-order valence-electron chi connectivity index (χ1n) is 12.0. The highest BCUT2D eigenvalue weighted by Crippen LogP contribution is 2.23. The third kappa shape index (κ3) is 13.4. The van der Waals surface area contributed by atoms with E-state index in [-0.39, 0.29) is 24.6 Å². The summed E-state index contributed by atoms with van der Waals surface area (Å²) in [5.74, 6) is -1.19. The number of anilines is 1. The summed E-state index contributed by atoms with van der Waals surface area (Å²) in [5.41, 5.74) is 18.8. The Labute approximate surface area is 233 Å². The highest BCUT2D eigenvalue weighted by atomic mass is 32.1. The van der Waals surface area contributed by atoms with Gasteiger partial charge in [-0.15, -0.1) is 23.4 Å². The normalized spacial score (nSPS) is 12.9. The van der Waals surface area contributed by atoms with Gasteiger partial charge in [0.15, 0.2) is 0 Å². The van der Waals surface area contributed by atoms with Crippen molar-refractivity contribution in [2.24, 2.45) is 22.2 Å². The molecular weight excluding hydrogens is 549 g/mol. The molecule has 0 bridgehead atoms. The zero-order chi connectivity index (χ0) is 29.5. The number of rotatable bonds is 14. The van der Waals surface area contributed by atoms with Crippen LogP contribution in [-0.2, 0) is 22.4 Å². The molecule has 15 heteroatoms. The fourth-order valence-electron chi connectivity index (χ4n) is 3.15. The van der Waals surface area contributed by atoms with Gasteiger partial charge in [-0.05, 0) is 55.2 Å². The van der Waals surface area contributed by atoms with Crippen LogP contribution in [0, 0.1) is 0 Å². The molecule has 0 aliphatic heterocycles. The number of nitrogens with zero attached hydrogens (tertiary/aromatic N) is 3. The van der Waals surface area contributed by atoms with Crippen LogP contribution in [0.2, 0.25) is 0 Å². The molecule has 0 saturated heterocycles. The molecule has 1 aromatic heterocycles. The van der Waals surface area contributed by atoms with Crippen LogP contribution < -0.4 is 32.6 Å². The largest absolute Gasteiger partial charge is 0.573 e. The van der Waals surface area contributed by atoms with Crippen LogP contribution in [0.3, 0.4) is 0 Å². The summed E-state index contributed by atoms with van der Waals surface area (Å²) in [6.07, 6.45) is 3.81. The van der Waals surface area contributed by atoms with Gasteiger partial charge in [-0.1, -0.05) is 23.5 Å². The molecule has 0 atom stereocenters. The van der Waals surface area contributed by atoms with Crippen molar-refractivity contribution in [3.05, 3.63) is 70.3 Å². The average Bonchev–Trinajstić information content (AvgIpc) is 3.30.